The van der Waals surface area contributed by atoms with Gasteiger partial charge in [0.2, 0.25) is 0 Å². The first-order chi connectivity index (χ1) is 9.88. The van der Waals surface area contributed by atoms with E-state index in [0.717, 1.165) is 32.1 Å². The largest absolute Gasteiger partial charge is 0.378 e. The van der Waals surface area contributed by atoms with Crippen molar-refractivity contribution in [2.24, 2.45) is 4.99 Å². The van der Waals surface area contributed by atoms with Gasteiger partial charge in [-0.05, 0) is 41.7 Å². The summed E-state index contributed by atoms with van der Waals surface area (Å²) < 4.78 is 5.84. The Kier molecular flexibility index (Phi) is 10.0. The fourth-order valence-corrected chi connectivity index (χ4v) is 3.05. The normalized spacial score (nSPS) is 15.8. The lowest BCUT2D eigenvalue weighted by Gasteiger charge is -2.13. The minimum atomic E-state index is 0. The van der Waals surface area contributed by atoms with Crippen LogP contribution < -0.4 is 10.6 Å². The predicted molar refractivity (Wildman–Crippen MR) is 101 cm³/mol. The predicted octanol–water partition coefficient (Wildman–Crippen LogP) is 3.38. The van der Waals surface area contributed by atoms with Gasteiger partial charge in [-0.15, -0.1) is 24.0 Å². The lowest BCUT2D eigenvalue weighted by atomic mass is 10.3. The van der Waals surface area contributed by atoms with Gasteiger partial charge in [0, 0.05) is 26.7 Å². The van der Waals surface area contributed by atoms with E-state index < -0.39 is 0 Å². The molecule has 2 rings (SSSR count). The van der Waals surface area contributed by atoms with Crippen molar-refractivity contribution in [3.63, 3.8) is 0 Å². The van der Waals surface area contributed by atoms with E-state index in [4.69, 9.17) is 4.74 Å². The van der Waals surface area contributed by atoms with E-state index in [-0.39, 0.29) is 24.0 Å². The molecule has 0 saturated heterocycles. The molecule has 0 aliphatic heterocycles. The molecule has 1 heterocycles. The Balaban J connectivity index is 0.00000220. The number of hydrogen-bond donors (Lipinski definition) is 2. The van der Waals surface area contributed by atoms with Crippen molar-refractivity contribution in [2.75, 3.05) is 20.2 Å². The number of nitrogens with one attached hydrogen (secondary N) is 2. The fraction of sp³-hybridized carbons (Fsp3) is 0.667. The van der Waals surface area contributed by atoms with E-state index >= 15 is 0 Å². The maximum atomic E-state index is 5.84. The second-order valence-electron chi connectivity index (χ2n) is 5.11. The third kappa shape index (κ3) is 7.46. The molecule has 120 valence electrons. The van der Waals surface area contributed by atoms with Gasteiger partial charge in [0.15, 0.2) is 5.96 Å². The second-order valence-corrected chi connectivity index (χ2v) is 5.89. The average Bonchev–Trinajstić information content (AvgIpc) is 3.14. The van der Waals surface area contributed by atoms with Gasteiger partial charge in [-0.1, -0.05) is 12.8 Å². The average molecular weight is 423 g/mol. The summed E-state index contributed by atoms with van der Waals surface area (Å²) in [5.41, 5.74) is 1.29. The summed E-state index contributed by atoms with van der Waals surface area (Å²) in [6.45, 7) is 2.57. The summed E-state index contributed by atoms with van der Waals surface area (Å²) in [4.78, 5) is 4.22. The molecule has 0 spiro atoms. The molecule has 1 fully saturated rings. The highest BCUT2D eigenvalue weighted by molar-refractivity contribution is 14.0. The molecule has 1 aliphatic carbocycles. The van der Waals surface area contributed by atoms with E-state index in [2.05, 4.69) is 32.5 Å². The Morgan fingerprint density at radius 2 is 2.19 bits per heavy atom. The lowest BCUT2D eigenvalue weighted by molar-refractivity contribution is 0.0574. The third-order valence-corrected chi connectivity index (χ3v) is 4.27. The van der Waals surface area contributed by atoms with Crippen molar-refractivity contribution in [1.82, 2.24) is 10.6 Å². The van der Waals surface area contributed by atoms with Crippen molar-refractivity contribution in [3.8, 4) is 0 Å². The van der Waals surface area contributed by atoms with Crippen LogP contribution in [0.1, 0.15) is 37.7 Å². The summed E-state index contributed by atoms with van der Waals surface area (Å²) in [5, 5.41) is 10.9. The Labute approximate surface area is 148 Å². The second kappa shape index (κ2) is 11.3. The van der Waals surface area contributed by atoms with Crippen LogP contribution in [0.15, 0.2) is 21.8 Å². The Bertz CT molecular complexity index is 392. The summed E-state index contributed by atoms with van der Waals surface area (Å²) in [6, 6.07) is 2.13. The first kappa shape index (κ1) is 18.7. The summed E-state index contributed by atoms with van der Waals surface area (Å²) in [6.07, 6.45) is 6.71. The van der Waals surface area contributed by atoms with Crippen LogP contribution in [0.4, 0.5) is 0 Å². The van der Waals surface area contributed by atoms with Crippen LogP contribution >= 0.6 is 35.3 Å². The molecule has 0 radical (unpaired) electrons. The quantitative estimate of drug-likeness (QED) is 0.306. The van der Waals surface area contributed by atoms with Gasteiger partial charge in [-0.2, -0.15) is 11.3 Å². The van der Waals surface area contributed by atoms with Crippen molar-refractivity contribution in [1.29, 1.82) is 0 Å². The van der Waals surface area contributed by atoms with Crippen LogP contribution in [-0.4, -0.2) is 32.3 Å². The molecule has 1 saturated carbocycles. The van der Waals surface area contributed by atoms with Gasteiger partial charge in [-0.3, -0.25) is 4.99 Å². The smallest absolute Gasteiger partial charge is 0.191 e. The van der Waals surface area contributed by atoms with Crippen LogP contribution in [0.3, 0.4) is 0 Å². The molecular formula is C15H26IN3OS. The van der Waals surface area contributed by atoms with Gasteiger partial charge >= 0.3 is 0 Å². The zero-order valence-electron chi connectivity index (χ0n) is 12.6. The van der Waals surface area contributed by atoms with Gasteiger partial charge in [0.25, 0.3) is 0 Å². The van der Waals surface area contributed by atoms with Crippen LogP contribution in [0.2, 0.25) is 0 Å². The van der Waals surface area contributed by atoms with E-state index in [9.17, 15) is 0 Å². The molecule has 1 aromatic heterocycles. The highest BCUT2D eigenvalue weighted by Crippen LogP contribution is 2.20. The first-order valence-corrected chi connectivity index (χ1v) is 8.40. The van der Waals surface area contributed by atoms with Gasteiger partial charge in [0.05, 0.1) is 6.10 Å². The highest BCUT2D eigenvalue weighted by Gasteiger charge is 2.14. The molecular weight excluding hydrogens is 397 g/mol. The number of thiophene rings is 1. The van der Waals surface area contributed by atoms with E-state index in [1.165, 1.54) is 31.2 Å². The monoisotopic (exact) mass is 423 g/mol. The van der Waals surface area contributed by atoms with Gasteiger partial charge in [-0.25, -0.2) is 0 Å². The number of rotatable bonds is 7. The van der Waals surface area contributed by atoms with Crippen molar-refractivity contribution < 1.29 is 4.74 Å². The van der Waals surface area contributed by atoms with E-state index in [0.29, 0.717) is 6.10 Å². The minimum Gasteiger partial charge on any atom is -0.378 e. The van der Waals surface area contributed by atoms with Gasteiger partial charge in [0.1, 0.15) is 0 Å². The van der Waals surface area contributed by atoms with E-state index in [1.54, 1.807) is 18.4 Å². The van der Waals surface area contributed by atoms with Crippen molar-refractivity contribution in [3.05, 3.63) is 22.4 Å². The molecule has 1 aliphatic rings. The molecule has 0 bridgehead atoms. The highest BCUT2D eigenvalue weighted by atomic mass is 127. The number of ether oxygens (including phenoxy) is 1. The van der Waals surface area contributed by atoms with Crippen LogP contribution in [0, 0.1) is 0 Å². The Hall–Kier alpha value is -0.340. The number of guanidine groups is 1. The molecule has 4 nitrogen and oxygen atoms in total. The van der Waals surface area contributed by atoms with Crippen molar-refractivity contribution in [2.45, 2.75) is 44.8 Å². The van der Waals surface area contributed by atoms with Crippen molar-refractivity contribution >= 4 is 41.3 Å². The topological polar surface area (TPSA) is 45.7 Å². The first-order valence-electron chi connectivity index (χ1n) is 7.45. The summed E-state index contributed by atoms with van der Waals surface area (Å²) in [5.74, 6) is 0.858. The zero-order valence-corrected chi connectivity index (χ0v) is 15.8. The zero-order chi connectivity index (χ0) is 14.0. The maximum absolute atomic E-state index is 5.84. The van der Waals surface area contributed by atoms with Gasteiger partial charge < -0.3 is 15.4 Å². The number of nitrogens with zero attached hydrogens (tertiary/aromatic N) is 1. The van der Waals surface area contributed by atoms with Crippen LogP contribution in [-0.2, 0) is 11.3 Å². The third-order valence-electron chi connectivity index (χ3n) is 3.53. The molecule has 0 amide bonds. The fourth-order valence-electron chi connectivity index (χ4n) is 2.38. The lowest BCUT2D eigenvalue weighted by Crippen LogP contribution is -2.37. The van der Waals surface area contributed by atoms with Crippen LogP contribution in [0.5, 0.6) is 0 Å². The summed E-state index contributed by atoms with van der Waals surface area (Å²) >= 11 is 1.72. The molecule has 6 heteroatoms. The number of halogens is 1. The molecule has 0 atom stereocenters. The number of aliphatic imine (C=N–C) groups is 1. The minimum absolute atomic E-state index is 0. The molecule has 21 heavy (non-hydrogen) atoms. The Morgan fingerprint density at radius 3 is 2.86 bits per heavy atom. The molecule has 0 unspecified atom stereocenters. The molecule has 1 aromatic rings. The van der Waals surface area contributed by atoms with E-state index in [1.807, 2.05) is 0 Å². The standard InChI is InChI=1S/C15H25N3OS.HI/c1-16-15(18-11-13-7-10-20-12-13)17-8-4-9-19-14-5-2-3-6-14;/h7,10,12,14H,2-6,8-9,11H2,1H3,(H2,16,17,18);1H. The maximum Gasteiger partial charge on any atom is 0.191 e. The Morgan fingerprint density at radius 1 is 1.38 bits per heavy atom. The molecule has 2 N–H and O–H groups in total. The summed E-state index contributed by atoms with van der Waals surface area (Å²) in [7, 11) is 1.80. The van der Waals surface area contributed by atoms with Crippen LogP contribution in [0.25, 0.3) is 0 Å². The SMILES string of the molecule is CN=C(NCCCOC1CCCC1)NCc1ccsc1.I. The molecule has 0 aromatic carbocycles. The number of hydrogen-bond acceptors (Lipinski definition) is 3.